The summed E-state index contributed by atoms with van der Waals surface area (Å²) in [7, 11) is 0. The Morgan fingerprint density at radius 3 is 2.78 bits per heavy atom. The van der Waals surface area contributed by atoms with Gasteiger partial charge in [0, 0.05) is 11.8 Å². The maximum Gasteiger partial charge on any atom is 0.179 e. The molecule has 1 N–H and O–H groups in total. The SMILES string of the molecule is CCC(O)CCCCC1CCC2C(=O)C(Cl)(Cl)C12. The number of aliphatic hydroxyl groups excluding tert-OH is 1. The number of fused-ring (bicyclic) bond motifs is 1. The molecule has 2 saturated carbocycles. The van der Waals surface area contributed by atoms with Gasteiger partial charge in [-0.15, -0.1) is 0 Å². The van der Waals surface area contributed by atoms with E-state index in [9.17, 15) is 9.90 Å². The van der Waals surface area contributed by atoms with E-state index < -0.39 is 4.33 Å². The van der Waals surface area contributed by atoms with Crippen LogP contribution >= 0.6 is 23.2 Å². The summed E-state index contributed by atoms with van der Waals surface area (Å²) in [5.41, 5.74) is 0. The van der Waals surface area contributed by atoms with Crippen LogP contribution in [0.5, 0.6) is 0 Å². The van der Waals surface area contributed by atoms with Crippen LogP contribution in [0.3, 0.4) is 0 Å². The Morgan fingerprint density at radius 2 is 2.11 bits per heavy atom. The number of carbonyl (C=O) groups is 1. The first-order valence-corrected chi connectivity index (χ1v) is 7.84. The van der Waals surface area contributed by atoms with Crippen LogP contribution in [-0.2, 0) is 4.79 Å². The number of hydrogen-bond acceptors (Lipinski definition) is 2. The third-order valence-electron chi connectivity index (χ3n) is 4.71. The standard InChI is InChI=1S/C14H22Cl2O2/c1-2-10(17)6-4-3-5-9-7-8-11-12(9)14(15,16)13(11)18/h9-12,17H,2-8H2,1H3. The molecule has 0 bridgehead atoms. The zero-order valence-electron chi connectivity index (χ0n) is 10.9. The fourth-order valence-corrected chi connectivity index (χ4v) is 4.49. The molecule has 0 aromatic carbocycles. The number of alkyl halides is 2. The van der Waals surface area contributed by atoms with Crippen molar-refractivity contribution >= 4 is 29.0 Å². The van der Waals surface area contributed by atoms with Crippen LogP contribution in [0.2, 0.25) is 0 Å². The van der Waals surface area contributed by atoms with Crippen LogP contribution in [0.15, 0.2) is 0 Å². The maximum absolute atomic E-state index is 11.7. The van der Waals surface area contributed by atoms with Gasteiger partial charge in [0.05, 0.1) is 6.10 Å². The van der Waals surface area contributed by atoms with E-state index in [-0.39, 0.29) is 23.7 Å². The van der Waals surface area contributed by atoms with E-state index in [1.165, 1.54) is 0 Å². The first-order chi connectivity index (χ1) is 8.48. The average molecular weight is 293 g/mol. The lowest BCUT2D eigenvalue weighted by Crippen LogP contribution is -2.55. The van der Waals surface area contributed by atoms with Gasteiger partial charge in [0.25, 0.3) is 0 Å². The lowest BCUT2D eigenvalue weighted by molar-refractivity contribution is -0.135. The molecule has 18 heavy (non-hydrogen) atoms. The summed E-state index contributed by atoms with van der Waals surface area (Å²) in [5, 5.41) is 9.49. The molecule has 4 heteroatoms. The van der Waals surface area contributed by atoms with Gasteiger partial charge >= 0.3 is 0 Å². The minimum atomic E-state index is -1.10. The van der Waals surface area contributed by atoms with Crippen molar-refractivity contribution in [2.24, 2.45) is 17.8 Å². The van der Waals surface area contributed by atoms with Crippen molar-refractivity contribution in [3.8, 4) is 0 Å². The van der Waals surface area contributed by atoms with Crippen molar-refractivity contribution in [3.63, 3.8) is 0 Å². The van der Waals surface area contributed by atoms with Crippen molar-refractivity contribution in [3.05, 3.63) is 0 Å². The number of Topliss-reactive ketones (excluding diaryl/α,β-unsaturated/α-hetero) is 1. The van der Waals surface area contributed by atoms with Crippen LogP contribution < -0.4 is 0 Å². The monoisotopic (exact) mass is 292 g/mol. The molecule has 0 radical (unpaired) electrons. The lowest BCUT2D eigenvalue weighted by atomic mass is 9.69. The van der Waals surface area contributed by atoms with E-state index in [4.69, 9.17) is 23.2 Å². The number of rotatable bonds is 6. The number of carbonyl (C=O) groups excluding carboxylic acids is 1. The molecule has 0 spiro atoms. The Bertz CT molecular complexity index is 317. The number of hydrogen-bond donors (Lipinski definition) is 1. The molecular formula is C14H22Cl2O2. The van der Waals surface area contributed by atoms with Gasteiger partial charge in [-0.05, 0) is 31.6 Å². The summed E-state index contributed by atoms with van der Waals surface area (Å²) in [5.74, 6) is 0.858. The predicted octanol–water partition coefficient (Wildman–Crippen LogP) is 3.72. The fraction of sp³-hybridized carbons (Fsp3) is 0.929. The molecule has 2 aliphatic carbocycles. The largest absolute Gasteiger partial charge is 0.393 e. The van der Waals surface area contributed by atoms with E-state index >= 15 is 0 Å². The molecule has 4 unspecified atom stereocenters. The molecule has 0 aromatic heterocycles. The predicted molar refractivity (Wildman–Crippen MR) is 73.9 cm³/mol. The van der Waals surface area contributed by atoms with Gasteiger partial charge in [-0.25, -0.2) is 0 Å². The van der Waals surface area contributed by atoms with Gasteiger partial charge in [0.2, 0.25) is 0 Å². The van der Waals surface area contributed by atoms with Crippen LogP contribution in [0, 0.1) is 17.8 Å². The Kier molecular flexibility index (Phi) is 4.61. The van der Waals surface area contributed by atoms with Crippen LogP contribution in [0.4, 0.5) is 0 Å². The summed E-state index contributed by atoms with van der Waals surface area (Å²) in [6.07, 6.45) is 6.83. The molecule has 2 rings (SSSR count). The summed E-state index contributed by atoms with van der Waals surface area (Å²) >= 11 is 12.2. The zero-order valence-corrected chi connectivity index (χ0v) is 12.4. The van der Waals surface area contributed by atoms with Gasteiger partial charge in [-0.2, -0.15) is 0 Å². The Balaban J connectivity index is 1.73. The van der Waals surface area contributed by atoms with Crippen molar-refractivity contribution < 1.29 is 9.90 Å². The van der Waals surface area contributed by atoms with Crippen molar-refractivity contribution in [1.82, 2.24) is 0 Å². The van der Waals surface area contributed by atoms with Gasteiger partial charge in [-0.1, -0.05) is 49.4 Å². The molecule has 0 aliphatic heterocycles. The number of unbranched alkanes of at least 4 members (excludes halogenated alkanes) is 1. The first kappa shape index (κ1) is 14.6. The second-order valence-corrected chi connectivity index (χ2v) is 7.19. The molecule has 0 saturated heterocycles. The normalized spacial score (nSPS) is 35.1. The van der Waals surface area contributed by atoms with Crippen molar-refractivity contribution in [2.45, 2.75) is 62.3 Å². The first-order valence-electron chi connectivity index (χ1n) is 7.08. The second-order valence-electron chi connectivity index (χ2n) is 5.80. The highest BCUT2D eigenvalue weighted by atomic mass is 35.5. The van der Waals surface area contributed by atoms with Crippen LogP contribution in [-0.4, -0.2) is 21.3 Å². The molecule has 2 fully saturated rings. The lowest BCUT2D eigenvalue weighted by Gasteiger charge is -2.44. The van der Waals surface area contributed by atoms with Gasteiger partial charge in [0.15, 0.2) is 10.1 Å². The van der Waals surface area contributed by atoms with Gasteiger partial charge in [-0.3, -0.25) is 4.79 Å². The van der Waals surface area contributed by atoms with Gasteiger partial charge < -0.3 is 5.11 Å². The molecule has 2 aliphatic rings. The molecule has 0 aromatic rings. The van der Waals surface area contributed by atoms with E-state index in [0.29, 0.717) is 5.92 Å². The molecule has 4 atom stereocenters. The van der Waals surface area contributed by atoms with Crippen molar-refractivity contribution in [2.75, 3.05) is 0 Å². The quantitative estimate of drug-likeness (QED) is 0.598. The topological polar surface area (TPSA) is 37.3 Å². The summed E-state index contributed by atoms with van der Waals surface area (Å²) in [4.78, 5) is 11.7. The Morgan fingerprint density at radius 1 is 1.39 bits per heavy atom. The highest BCUT2D eigenvalue weighted by Crippen LogP contribution is 2.60. The van der Waals surface area contributed by atoms with E-state index in [0.717, 1.165) is 44.9 Å². The zero-order chi connectivity index (χ0) is 13.3. The highest BCUT2D eigenvalue weighted by molar-refractivity contribution is 6.60. The Labute approximate surface area is 119 Å². The Hall–Kier alpha value is 0.210. The van der Waals surface area contributed by atoms with E-state index in [2.05, 4.69) is 0 Å². The molecule has 0 amide bonds. The summed E-state index contributed by atoms with van der Waals surface area (Å²) in [6.45, 7) is 2.00. The van der Waals surface area contributed by atoms with E-state index in [1.807, 2.05) is 6.92 Å². The molecule has 0 heterocycles. The second kappa shape index (κ2) is 5.68. The molecule has 2 nitrogen and oxygen atoms in total. The van der Waals surface area contributed by atoms with Gasteiger partial charge in [0.1, 0.15) is 0 Å². The summed E-state index contributed by atoms with van der Waals surface area (Å²) in [6, 6.07) is 0. The maximum atomic E-state index is 11.7. The van der Waals surface area contributed by atoms with Crippen LogP contribution in [0.1, 0.15) is 51.9 Å². The number of aliphatic hydroxyl groups is 1. The minimum Gasteiger partial charge on any atom is -0.393 e. The molecule has 104 valence electrons. The molecular weight excluding hydrogens is 271 g/mol. The third-order valence-corrected chi connectivity index (χ3v) is 5.58. The summed E-state index contributed by atoms with van der Waals surface area (Å²) < 4.78 is -1.10. The minimum absolute atomic E-state index is 0.0414. The average Bonchev–Trinajstić information content (AvgIpc) is 2.75. The fourth-order valence-electron chi connectivity index (χ4n) is 3.55. The highest BCUT2D eigenvalue weighted by Gasteiger charge is 2.64. The number of ketones is 1. The van der Waals surface area contributed by atoms with Crippen LogP contribution in [0.25, 0.3) is 0 Å². The van der Waals surface area contributed by atoms with Crippen molar-refractivity contribution in [1.29, 1.82) is 0 Å². The smallest absolute Gasteiger partial charge is 0.179 e. The number of halogens is 2. The third kappa shape index (κ3) is 2.57. The van der Waals surface area contributed by atoms with E-state index in [1.54, 1.807) is 0 Å².